The second-order valence-electron chi connectivity index (χ2n) is 6.56. The van der Waals surface area contributed by atoms with Gasteiger partial charge in [0.15, 0.2) is 11.5 Å². The van der Waals surface area contributed by atoms with Gasteiger partial charge in [-0.05, 0) is 49.4 Å². The molecule has 6 nitrogen and oxygen atoms in total. The predicted octanol–water partition coefficient (Wildman–Crippen LogP) is 5.74. The van der Waals surface area contributed by atoms with Gasteiger partial charge >= 0.3 is 0 Å². The van der Waals surface area contributed by atoms with Crippen LogP contribution >= 0.6 is 23.2 Å². The minimum Gasteiger partial charge on any atom is -0.493 e. The molecule has 0 saturated carbocycles. The van der Waals surface area contributed by atoms with E-state index in [-0.39, 0.29) is 12.5 Å². The zero-order valence-corrected chi connectivity index (χ0v) is 19.1. The highest BCUT2D eigenvalue weighted by Crippen LogP contribution is 2.28. The quantitative estimate of drug-likeness (QED) is 0.318. The van der Waals surface area contributed by atoms with E-state index in [2.05, 4.69) is 10.5 Å². The van der Waals surface area contributed by atoms with Crippen molar-refractivity contribution in [2.24, 2.45) is 5.10 Å². The van der Waals surface area contributed by atoms with Crippen molar-refractivity contribution in [1.29, 1.82) is 0 Å². The number of hydrogen-bond donors (Lipinski definition) is 1. The van der Waals surface area contributed by atoms with Crippen LogP contribution in [0.4, 0.5) is 0 Å². The standard InChI is InChI=1S/C24H22Cl2N2O4/c1-3-31-23-12-16(9-11-22(23)30-2)24(29)28-27-14-17-6-4-5-7-21(17)32-15-18-8-10-19(25)13-20(18)26/h4-14H,3,15H2,1-2H3,(H,28,29)/b27-14+. The summed E-state index contributed by atoms with van der Waals surface area (Å²) in [4.78, 5) is 12.5. The van der Waals surface area contributed by atoms with E-state index in [1.165, 1.54) is 6.21 Å². The minimum atomic E-state index is -0.379. The average Bonchev–Trinajstić information content (AvgIpc) is 2.79. The van der Waals surface area contributed by atoms with Crippen LogP contribution in [-0.4, -0.2) is 25.8 Å². The molecule has 0 fully saturated rings. The van der Waals surface area contributed by atoms with Crippen molar-refractivity contribution in [3.05, 3.63) is 87.4 Å². The number of nitrogens with zero attached hydrogens (tertiary/aromatic N) is 1. The fraction of sp³-hybridized carbons (Fsp3) is 0.167. The lowest BCUT2D eigenvalue weighted by Crippen LogP contribution is -2.17. The summed E-state index contributed by atoms with van der Waals surface area (Å²) in [6, 6.07) is 17.5. The Morgan fingerprint density at radius 1 is 1.00 bits per heavy atom. The second kappa shape index (κ2) is 11.4. The van der Waals surface area contributed by atoms with E-state index < -0.39 is 0 Å². The summed E-state index contributed by atoms with van der Waals surface area (Å²) in [6.07, 6.45) is 1.52. The van der Waals surface area contributed by atoms with Gasteiger partial charge in [-0.25, -0.2) is 5.43 Å². The van der Waals surface area contributed by atoms with E-state index in [1.807, 2.05) is 37.3 Å². The fourth-order valence-corrected chi connectivity index (χ4v) is 3.29. The molecule has 0 heterocycles. The first kappa shape index (κ1) is 23.4. The Labute approximate surface area is 196 Å². The van der Waals surface area contributed by atoms with E-state index >= 15 is 0 Å². The van der Waals surface area contributed by atoms with Crippen LogP contribution in [0.1, 0.15) is 28.4 Å². The molecule has 0 bridgehead atoms. The van der Waals surface area contributed by atoms with Gasteiger partial charge in [-0.15, -0.1) is 0 Å². The van der Waals surface area contributed by atoms with Gasteiger partial charge in [0, 0.05) is 26.7 Å². The van der Waals surface area contributed by atoms with Crippen LogP contribution in [0.2, 0.25) is 10.0 Å². The molecule has 0 unspecified atom stereocenters. The lowest BCUT2D eigenvalue weighted by Gasteiger charge is -2.11. The zero-order chi connectivity index (χ0) is 22.9. The maximum atomic E-state index is 12.5. The first-order valence-electron chi connectivity index (χ1n) is 9.81. The number of hydrazone groups is 1. The Bertz CT molecular complexity index is 1120. The number of nitrogens with one attached hydrogen (secondary N) is 1. The topological polar surface area (TPSA) is 69.2 Å². The van der Waals surface area contributed by atoms with E-state index in [0.29, 0.717) is 45.0 Å². The number of carbonyl (C=O) groups excluding carboxylic acids is 1. The third kappa shape index (κ3) is 6.15. The second-order valence-corrected chi connectivity index (χ2v) is 7.40. The highest BCUT2D eigenvalue weighted by Gasteiger charge is 2.11. The number of hydrogen-bond acceptors (Lipinski definition) is 5. The molecule has 3 rings (SSSR count). The number of amides is 1. The molecular weight excluding hydrogens is 451 g/mol. The van der Waals surface area contributed by atoms with Crippen LogP contribution in [-0.2, 0) is 6.61 Å². The molecule has 0 aromatic heterocycles. The van der Waals surface area contributed by atoms with Gasteiger partial charge in [0.25, 0.3) is 5.91 Å². The number of halogens is 2. The molecule has 1 N–H and O–H groups in total. The molecule has 0 atom stereocenters. The van der Waals surface area contributed by atoms with Gasteiger partial charge in [-0.2, -0.15) is 5.10 Å². The Balaban J connectivity index is 1.67. The highest BCUT2D eigenvalue weighted by molar-refractivity contribution is 6.35. The molecule has 32 heavy (non-hydrogen) atoms. The molecule has 0 saturated heterocycles. The summed E-state index contributed by atoms with van der Waals surface area (Å²) in [6.45, 7) is 2.58. The van der Waals surface area contributed by atoms with Gasteiger partial charge in [0.05, 0.1) is 19.9 Å². The Kier molecular flexibility index (Phi) is 8.36. The SMILES string of the molecule is CCOc1cc(C(=O)N/N=C/c2ccccc2OCc2ccc(Cl)cc2Cl)ccc1OC. The number of para-hydroxylation sites is 1. The lowest BCUT2D eigenvalue weighted by molar-refractivity contribution is 0.0954. The summed E-state index contributed by atoms with van der Waals surface area (Å²) in [5.74, 6) is 1.26. The van der Waals surface area contributed by atoms with Gasteiger partial charge in [-0.3, -0.25) is 4.79 Å². The number of carbonyl (C=O) groups is 1. The number of rotatable bonds is 9. The maximum absolute atomic E-state index is 12.5. The van der Waals surface area contributed by atoms with E-state index in [1.54, 1.807) is 37.4 Å². The molecule has 0 aliphatic heterocycles. The van der Waals surface area contributed by atoms with Crippen LogP contribution in [0, 0.1) is 0 Å². The highest BCUT2D eigenvalue weighted by atomic mass is 35.5. The van der Waals surface area contributed by atoms with Crippen LogP contribution < -0.4 is 19.6 Å². The predicted molar refractivity (Wildman–Crippen MR) is 126 cm³/mol. The number of benzene rings is 3. The molecule has 3 aromatic rings. The van der Waals surface area contributed by atoms with Crippen LogP contribution in [0.25, 0.3) is 0 Å². The fourth-order valence-electron chi connectivity index (χ4n) is 2.82. The van der Waals surface area contributed by atoms with Crippen molar-refractivity contribution in [3.63, 3.8) is 0 Å². The summed E-state index contributed by atoms with van der Waals surface area (Å²) in [5.41, 5.74) is 4.41. The number of methoxy groups -OCH3 is 1. The summed E-state index contributed by atoms with van der Waals surface area (Å²) < 4.78 is 16.6. The molecule has 0 radical (unpaired) electrons. The summed E-state index contributed by atoms with van der Waals surface area (Å²) in [7, 11) is 1.54. The van der Waals surface area contributed by atoms with Crippen molar-refractivity contribution in [2.45, 2.75) is 13.5 Å². The van der Waals surface area contributed by atoms with Crippen molar-refractivity contribution in [3.8, 4) is 17.2 Å². The van der Waals surface area contributed by atoms with Gasteiger partial charge in [0.2, 0.25) is 0 Å². The molecule has 166 valence electrons. The molecule has 1 amide bonds. The smallest absolute Gasteiger partial charge is 0.271 e. The van der Waals surface area contributed by atoms with Crippen LogP contribution in [0.15, 0.2) is 65.8 Å². The van der Waals surface area contributed by atoms with Gasteiger partial charge < -0.3 is 14.2 Å². The first-order chi connectivity index (χ1) is 15.5. The summed E-state index contributed by atoms with van der Waals surface area (Å²) in [5, 5.41) is 5.15. The van der Waals surface area contributed by atoms with E-state index in [4.69, 9.17) is 37.4 Å². The maximum Gasteiger partial charge on any atom is 0.271 e. The van der Waals surface area contributed by atoms with Crippen molar-refractivity contribution in [2.75, 3.05) is 13.7 Å². The van der Waals surface area contributed by atoms with Gasteiger partial charge in [-0.1, -0.05) is 41.4 Å². The third-order valence-electron chi connectivity index (χ3n) is 4.41. The van der Waals surface area contributed by atoms with E-state index in [9.17, 15) is 4.79 Å². The monoisotopic (exact) mass is 472 g/mol. The largest absolute Gasteiger partial charge is 0.493 e. The van der Waals surface area contributed by atoms with Crippen LogP contribution in [0.5, 0.6) is 17.2 Å². The molecule has 3 aromatic carbocycles. The Morgan fingerprint density at radius 2 is 1.81 bits per heavy atom. The third-order valence-corrected chi connectivity index (χ3v) is 5.00. The van der Waals surface area contributed by atoms with E-state index in [0.717, 1.165) is 5.56 Å². The normalized spacial score (nSPS) is 10.8. The first-order valence-corrected chi connectivity index (χ1v) is 10.6. The minimum absolute atomic E-state index is 0.263. The molecule has 0 aliphatic carbocycles. The Morgan fingerprint density at radius 3 is 2.56 bits per heavy atom. The average molecular weight is 473 g/mol. The number of ether oxygens (including phenoxy) is 3. The molecule has 0 spiro atoms. The molecule has 8 heteroatoms. The van der Waals surface area contributed by atoms with Crippen molar-refractivity contribution in [1.82, 2.24) is 5.43 Å². The van der Waals surface area contributed by atoms with Crippen molar-refractivity contribution >= 4 is 35.3 Å². The molecule has 0 aliphatic rings. The van der Waals surface area contributed by atoms with Crippen LogP contribution in [0.3, 0.4) is 0 Å². The van der Waals surface area contributed by atoms with Gasteiger partial charge in [0.1, 0.15) is 12.4 Å². The van der Waals surface area contributed by atoms with Crippen molar-refractivity contribution < 1.29 is 19.0 Å². The zero-order valence-electron chi connectivity index (χ0n) is 17.6. The Hall–Kier alpha value is -3.22. The molecular formula is C24H22Cl2N2O4. The lowest BCUT2D eigenvalue weighted by atomic mass is 10.2. The summed E-state index contributed by atoms with van der Waals surface area (Å²) >= 11 is 12.1.